The van der Waals surface area contributed by atoms with Crippen molar-refractivity contribution >= 4 is 27.8 Å². The zero-order valence-corrected chi connectivity index (χ0v) is 11.0. The number of piperidine rings is 1. The Hall–Kier alpha value is -1.58. The fraction of sp³-hybridized carbons (Fsp3) is 0.500. The molecule has 2 rings (SSSR count). The first-order valence-corrected chi connectivity index (χ1v) is 6.62. The molecule has 1 aliphatic rings. The predicted molar refractivity (Wildman–Crippen MR) is 70.9 cm³/mol. The lowest BCUT2D eigenvalue weighted by molar-refractivity contribution is 0.102. The summed E-state index contributed by atoms with van der Waals surface area (Å²) in [7, 11) is 0. The van der Waals surface area contributed by atoms with Gasteiger partial charge in [-0.2, -0.15) is 5.26 Å². The number of carbonyl (C=O) groups is 1. The van der Waals surface area contributed by atoms with E-state index in [9.17, 15) is 9.90 Å². The van der Waals surface area contributed by atoms with Crippen molar-refractivity contribution in [1.82, 2.24) is 0 Å². The fourth-order valence-corrected chi connectivity index (χ4v) is 3.26. The quantitative estimate of drug-likeness (QED) is 0.788. The number of hydrogen-bond acceptors (Lipinski definition) is 6. The van der Waals surface area contributed by atoms with E-state index >= 15 is 0 Å². The smallest absolute Gasteiger partial charge is 0.171 e. The van der Waals surface area contributed by atoms with Crippen LogP contribution < -0.4 is 10.6 Å². The first-order valence-electron chi connectivity index (χ1n) is 5.81. The van der Waals surface area contributed by atoms with Gasteiger partial charge in [-0.15, -0.1) is 11.3 Å². The first kappa shape index (κ1) is 12.9. The normalized spacial score (nSPS) is 19.6. The molecule has 2 heterocycles. The lowest BCUT2D eigenvalue weighted by Gasteiger charge is -2.30. The molecular formula is C12H15N3O2S. The largest absolute Gasteiger partial charge is 0.396 e. The number of nitrogen functional groups attached to an aromatic ring is 1. The Kier molecular flexibility index (Phi) is 3.55. The van der Waals surface area contributed by atoms with Gasteiger partial charge in [-0.25, -0.2) is 0 Å². The topological polar surface area (TPSA) is 90.4 Å². The van der Waals surface area contributed by atoms with Gasteiger partial charge >= 0.3 is 0 Å². The van der Waals surface area contributed by atoms with Crippen molar-refractivity contribution in [3.63, 3.8) is 0 Å². The molecule has 6 heteroatoms. The minimum Gasteiger partial charge on any atom is -0.396 e. The molecule has 0 spiro atoms. The van der Waals surface area contributed by atoms with E-state index in [1.54, 1.807) is 0 Å². The van der Waals surface area contributed by atoms with Gasteiger partial charge in [-0.3, -0.25) is 4.79 Å². The van der Waals surface area contributed by atoms with Crippen LogP contribution in [0, 0.1) is 11.3 Å². The molecule has 1 atom stereocenters. The van der Waals surface area contributed by atoms with Crippen LogP contribution in [0.15, 0.2) is 0 Å². The van der Waals surface area contributed by atoms with Gasteiger partial charge in [-0.1, -0.05) is 0 Å². The molecule has 0 aromatic carbocycles. The highest BCUT2D eigenvalue weighted by Crippen LogP contribution is 2.39. The summed E-state index contributed by atoms with van der Waals surface area (Å²) < 4.78 is 0. The van der Waals surface area contributed by atoms with Crippen LogP contribution in [0.5, 0.6) is 0 Å². The van der Waals surface area contributed by atoms with Gasteiger partial charge in [0.05, 0.1) is 16.7 Å². The van der Waals surface area contributed by atoms with E-state index in [-0.39, 0.29) is 17.6 Å². The molecule has 0 radical (unpaired) electrons. The third kappa shape index (κ3) is 2.19. The van der Waals surface area contributed by atoms with Gasteiger partial charge in [0.1, 0.15) is 16.6 Å². The van der Waals surface area contributed by atoms with Gasteiger partial charge in [0.25, 0.3) is 0 Å². The van der Waals surface area contributed by atoms with Crippen LogP contribution in [0.2, 0.25) is 0 Å². The monoisotopic (exact) mass is 265 g/mol. The van der Waals surface area contributed by atoms with Gasteiger partial charge in [0.15, 0.2) is 5.78 Å². The fourth-order valence-electron chi connectivity index (χ4n) is 2.16. The van der Waals surface area contributed by atoms with E-state index in [0.29, 0.717) is 22.0 Å². The summed E-state index contributed by atoms with van der Waals surface area (Å²) in [5.74, 6) is -0.127. The van der Waals surface area contributed by atoms with Gasteiger partial charge in [0, 0.05) is 20.0 Å². The number of thiophene rings is 1. The predicted octanol–water partition coefficient (Wildman–Crippen LogP) is 1.37. The number of anilines is 2. The second kappa shape index (κ2) is 4.96. The molecular weight excluding hydrogens is 250 g/mol. The van der Waals surface area contributed by atoms with E-state index in [1.807, 2.05) is 4.90 Å². The second-order valence-corrected chi connectivity index (χ2v) is 5.43. The summed E-state index contributed by atoms with van der Waals surface area (Å²) in [6.07, 6.45) is 1.27. The maximum Gasteiger partial charge on any atom is 0.171 e. The Morgan fingerprint density at radius 1 is 1.67 bits per heavy atom. The minimum atomic E-state index is -0.380. The Labute approximate surface area is 109 Å². The molecule has 0 amide bonds. The summed E-state index contributed by atoms with van der Waals surface area (Å²) in [6.45, 7) is 2.72. The highest BCUT2D eigenvalue weighted by Gasteiger charge is 2.26. The van der Waals surface area contributed by atoms with Crippen LogP contribution in [-0.4, -0.2) is 30.1 Å². The van der Waals surface area contributed by atoms with Crippen molar-refractivity contribution in [3.05, 3.63) is 10.4 Å². The summed E-state index contributed by atoms with van der Waals surface area (Å²) in [5.41, 5.74) is 6.46. The van der Waals surface area contributed by atoms with Crippen LogP contribution in [0.3, 0.4) is 0 Å². The van der Waals surface area contributed by atoms with Crippen LogP contribution in [0.4, 0.5) is 10.7 Å². The van der Waals surface area contributed by atoms with Crippen molar-refractivity contribution in [2.24, 2.45) is 0 Å². The number of aliphatic hydroxyl groups excluding tert-OH is 1. The van der Waals surface area contributed by atoms with Crippen molar-refractivity contribution in [2.75, 3.05) is 23.7 Å². The highest BCUT2D eigenvalue weighted by molar-refractivity contribution is 7.19. The number of Topliss-reactive ketones (excluding diaryl/α,β-unsaturated/α-hetero) is 1. The molecule has 1 aromatic rings. The van der Waals surface area contributed by atoms with Crippen LogP contribution in [-0.2, 0) is 0 Å². The number of nitriles is 1. The zero-order chi connectivity index (χ0) is 13.3. The zero-order valence-electron chi connectivity index (χ0n) is 10.1. The number of ketones is 1. The molecule has 1 fully saturated rings. The Balaban J connectivity index is 2.41. The minimum absolute atomic E-state index is 0.127. The average molecular weight is 265 g/mol. The van der Waals surface area contributed by atoms with Crippen molar-refractivity contribution in [1.29, 1.82) is 5.26 Å². The molecule has 1 unspecified atom stereocenters. The molecule has 18 heavy (non-hydrogen) atoms. The number of carbonyl (C=O) groups excluding carboxylic acids is 1. The first-order chi connectivity index (χ1) is 8.54. The van der Waals surface area contributed by atoms with E-state index in [2.05, 4.69) is 6.07 Å². The number of aliphatic hydroxyl groups is 1. The maximum atomic E-state index is 11.4. The lowest BCUT2D eigenvalue weighted by Crippen LogP contribution is -2.38. The van der Waals surface area contributed by atoms with E-state index in [0.717, 1.165) is 19.4 Å². The summed E-state index contributed by atoms with van der Waals surface area (Å²) in [4.78, 5) is 13.8. The molecule has 96 valence electrons. The van der Waals surface area contributed by atoms with Gasteiger partial charge < -0.3 is 15.7 Å². The van der Waals surface area contributed by atoms with E-state index < -0.39 is 0 Å². The number of rotatable bonds is 2. The van der Waals surface area contributed by atoms with Crippen molar-refractivity contribution in [3.8, 4) is 6.07 Å². The maximum absolute atomic E-state index is 11.4. The Morgan fingerprint density at radius 3 is 2.94 bits per heavy atom. The number of hydrogen-bond donors (Lipinski definition) is 2. The molecule has 5 nitrogen and oxygen atoms in total. The lowest BCUT2D eigenvalue weighted by atomic mass is 10.1. The molecule has 1 saturated heterocycles. The van der Waals surface area contributed by atoms with Crippen molar-refractivity contribution < 1.29 is 9.90 Å². The number of nitrogens with zero attached hydrogens (tertiary/aromatic N) is 2. The van der Waals surface area contributed by atoms with Crippen LogP contribution in [0.25, 0.3) is 0 Å². The van der Waals surface area contributed by atoms with E-state index in [4.69, 9.17) is 11.0 Å². The molecule has 3 N–H and O–H groups in total. The summed E-state index contributed by atoms with van der Waals surface area (Å²) in [6, 6.07) is 2.06. The SMILES string of the molecule is CC(=O)c1sc(N2CCCC(O)C2)c(C#N)c1N. The van der Waals surface area contributed by atoms with Crippen LogP contribution >= 0.6 is 11.3 Å². The Bertz CT molecular complexity index is 518. The third-order valence-corrected chi connectivity index (χ3v) is 4.41. The molecule has 1 aromatic heterocycles. The molecule has 0 saturated carbocycles. The summed E-state index contributed by atoms with van der Waals surface area (Å²) >= 11 is 1.25. The van der Waals surface area contributed by atoms with Crippen molar-refractivity contribution in [2.45, 2.75) is 25.9 Å². The van der Waals surface area contributed by atoms with E-state index in [1.165, 1.54) is 18.3 Å². The van der Waals surface area contributed by atoms with Gasteiger partial charge in [-0.05, 0) is 12.8 Å². The average Bonchev–Trinajstić information content (AvgIpc) is 2.66. The number of nitrogens with two attached hydrogens (primary N) is 1. The number of β-amino-alcohol motifs (C(OH)–C–C–N with tert-alkyl or cyclic N) is 1. The van der Waals surface area contributed by atoms with Crippen LogP contribution in [0.1, 0.15) is 35.0 Å². The standard InChI is InChI=1S/C12H15N3O2S/c1-7(16)11-10(14)9(5-13)12(18-11)15-4-2-3-8(17)6-15/h8,17H,2-4,6,14H2,1H3. The highest BCUT2D eigenvalue weighted by atomic mass is 32.1. The molecule has 1 aliphatic heterocycles. The van der Waals surface area contributed by atoms with Gasteiger partial charge in [0.2, 0.25) is 0 Å². The molecule has 0 bridgehead atoms. The molecule has 0 aliphatic carbocycles. The second-order valence-electron chi connectivity index (χ2n) is 4.44. The Morgan fingerprint density at radius 2 is 2.39 bits per heavy atom. The summed E-state index contributed by atoms with van der Waals surface area (Å²) in [5, 5.41) is 19.5. The third-order valence-electron chi connectivity index (χ3n) is 3.04.